The minimum absolute atomic E-state index is 1.02. The van der Waals surface area contributed by atoms with E-state index in [-0.39, 0.29) is 0 Å². The van der Waals surface area contributed by atoms with E-state index in [1.165, 1.54) is 48.8 Å². The van der Waals surface area contributed by atoms with Gasteiger partial charge in [0.15, 0.2) is 0 Å². The zero-order valence-corrected chi connectivity index (χ0v) is 14.4. The molecule has 0 aliphatic heterocycles. The van der Waals surface area contributed by atoms with E-state index in [0.29, 0.717) is 0 Å². The van der Waals surface area contributed by atoms with Crippen molar-refractivity contribution >= 4 is 0 Å². The molecule has 122 valence electrons. The SMILES string of the molecule is CCCCCCc1ccc(-c2cccc(-c3ccccn3)c2)cc1. The topological polar surface area (TPSA) is 12.9 Å². The second kappa shape index (κ2) is 8.44. The molecule has 0 amide bonds. The van der Waals surface area contributed by atoms with Gasteiger partial charge in [-0.05, 0) is 47.7 Å². The quantitative estimate of drug-likeness (QED) is 0.451. The average Bonchev–Trinajstić information content (AvgIpc) is 2.67. The summed E-state index contributed by atoms with van der Waals surface area (Å²) in [5.74, 6) is 0. The Morgan fingerprint density at radius 2 is 1.54 bits per heavy atom. The van der Waals surface area contributed by atoms with Crippen LogP contribution in [0.4, 0.5) is 0 Å². The predicted molar refractivity (Wildman–Crippen MR) is 103 cm³/mol. The largest absolute Gasteiger partial charge is 0.256 e. The molecule has 3 rings (SSSR count). The van der Waals surface area contributed by atoms with E-state index in [4.69, 9.17) is 0 Å². The van der Waals surface area contributed by atoms with Crippen molar-refractivity contribution in [3.05, 3.63) is 78.5 Å². The van der Waals surface area contributed by atoms with Gasteiger partial charge in [0.2, 0.25) is 0 Å². The summed E-state index contributed by atoms with van der Waals surface area (Å²) in [5, 5.41) is 0. The van der Waals surface area contributed by atoms with E-state index in [1.807, 2.05) is 18.3 Å². The van der Waals surface area contributed by atoms with Gasteiger partial charge in [-0.3, -0.25) is 4.98 Å². The number of pyridine rings is 1. The second-order valence-corrected chi connectivity index (χ2v) is 6.30. The van der Waals surface area contributed by atoms with Crippen molar-refractivity contribution in [1.29, 1.82) is 0 Å². The molecule has 0 aliphatic rings. The molecule has 0 N–H and O–H groups in total. The Bertz CT molecular complexity index is 745. The zero-order chi connectivity index (χ0) is 16.6. The molecular formula is C23H25N. The first-order valence-electron chi connectivity index (χ1n) is 8.97. The van der Waals surface area contributed by atoms with Crippen LogP contribution in [0.2, 0.25) is 0 Å². The summed E-state index contributed by atoms with van der Waals surface area (Å²) in [7, 11) is 0. The Labute approximate surface area is 145 Å². The third kappa shape index (κ3) is 4.32. The van der Waals surface area contributed by atoms with Crippen LogP contribution in [0.25, 0.3) is 22.4 Å². The zero-order valence-electron chi connectivity index (χ0n) is 14.4. The van der Waals surface area contributed by atoms with Gasteiger partial charge in [-0.2, -0.15) is 0 Å². The van der Waals surface area contributed by atoms with Gasteiger partial charge in [0, 0.05) is 11.8 Å². The van der Waals surface area contributed by atoms with Gasteiger partial charge in [0.25, 0.3) is 0 Å². The van der Waals surface area contributed by atoms with E-state index in [0.717, 1.165) is 11.3 Å². The maximum absolute atomic E-state index is 4.45. The van der Waals surface area contributed by atoms with Crippen LogP contribution in [0.3, 0.4) is 0 Å². The fourth-order valence-electron chi connectivity index (χ4n) is 3.01. The van der Waals surface area contributed by atoms with Gasteiger partial charge >= 0.3 is 0 Å². The van der Waals surface area contributed by atoms with Crippen molar-refractivity contribution in [2.75, 3.05) is 0 Å². The lowest BCUT2D eigenvalue weighted by Crippen LogP contribution is -1.87. The number of rotatable bonds is 7. The fraction of sp³-hybridized carbons (Fsp3) is 0.261. The van der Waals surface area contributed by atoms with Crippen molar-refractivity contribution in [3.63, 3.8) is 0 Å². The first kappa shape index (κ1) is 16.4. The summed E-state index contributed by atoms with van der Waals surface area (Å²) in [6.45, 7) is 2.26. The van der Waals surface area contributed by atoms with E-state index < -0.39 is 0 Å². The van der Waals surface area contributed by atoms with Crippen molar-refractivity contribution in [3.8, 4) is 22.4 Å². The number of hydrogen-bond donors (Lipinski definition) is 0. The molecule has 1 aromatic heterocycles. The average molecular weight is 315 g/mol. The van der Waals surface area contributed by atoms with Gasteiger partial charge in [-0.15, -0.1) is 0 Å². The van der Waals surface area contributed by atoms with Gasteiger partial charge in [0.1, 0.15) is 0 Å². The molecule has 0 saturated carbocycles. The molecule has 0 spiro atoms. The van der Waals surface area contributed by atoms with Crippen LogP contribution in [-0.2, 0) is 6.42 Å². The molecule has 0 fully saturated rings. The summed E-state index contributed by atoms with van der Waals surface area (Å²) in [5.41, 5.74) is 6.14. The molecule has 0 unspecified atom stereocenters. The Balaban J connectivity index is 1.72. The summed E-state index contributed by atoms with van der Waals surface area (Å²) < 4.78 is 0. The standard InChI is InChI=1S/C23H25N/c1-2-3-4-5-9-19-13-15-20(16-14-19)21-10-8-11-22(18-21)23-12-6-7-17-24-23/h6-8,10-18H,2-5,9H2,1H3. The number of unbranched alkanes of at least 4 members (excludes halogenated alkanes) is 3. The van der Waals surface area contributed by atoms with Crippen LogP contribution >= 0.6 is 0 Å². The highest BCUT2D eigenvalue weighted by atomic mass is 14.7. The van der Waals surface area contributed by atoms with E-state index in [2.05, 4.69) is 66.5 Å². The molecule has 0 saturated heterocycles. The Kier molecular flexibility index (Phi) is 5.79. The van der Waals surface area contributed by atoms with Crippen LogP contribution in [0.5, 0.6) is 0 Å². The van der Waals surface area contributed by atoms with Gasteiger partial charge < -0.3 is 0 Å². The van der Waals surface area contributed by atoms with Crippen LogP contribution in [0.1, 0.15) is 38.2 Å². The highest BCUT2D eigenvalue weighted by Gasteiger charge is 2.03. The smallest absolute Gasteiger partial charge is 0.0702 e. The molecule has 24 heavy (non-hydrogen) atoms. The third-order valence-electron chi connectivity index (χ3n) is 4.43. The molecule has 0 atom stereocenters. The molecule has 0 aliphatic carbocycles. The fourth-order valence-corrected chi connectivity index (χ4v) is 3.01. The Hall–Kier alpha value is -2.41. The summed E-state index contributed by atoms with van der Waals surface area (Å²) in [6, 6.07) is 23.7. The van der Waals surface area contributed by atoms with Crippen LogP contribution in [0.15, 0.2) is 72.9 Å². The number of benzene rings is 2. The molecule has 2 aromatic carbocycles. The first-order valence-corrected chi connectivity index (χ1v) is 8.97. The molecular weight excluding hydrogens is 290 g/mol. The van der Waals surface area contributed by atoms with Crippen molar-refractivity contribution in [2.45, 2.75) is 39.0 Å². The van der Waals surface area contributed by atoms with E-state index in [1.54, 1.807) is 0 Å². The van der Waals surface area contributed by atoms with Crippen molar-refractivity contribution in [2.24, 2.45) is 0 Å². The lowest BCUT2D eigenvalue weighted by atomic mass is 9.99. The van der Waals surface area contributed by atoms with Gasteiger partial charge in [-0.1, -0.05) is 74.7 Å². The predicted octanol–water partition coefficient (Wildman–Crippen LogP) is 6.54. The highest BCUT2D eigenvalue weighted by Crippen LogP contribution is 2.25. The number of hydrogen-bond acceptors (Lipinski definition) is 1. The minimum atomic E-state index is 1.02. The van der Waals surface area contributed by atoms with Crippen LogP contribution in [-0.4, -0.2) is 4.98 Å². The third-order valence-corrected chi connectivity index (χ3v) is 4.43. The van der Waals surface area contributed by atoms with E-state index in [9.17, 15) is 0 Å². The lowest BCUT2D eigenvalue weighted by molar-refractivity contribution is 0.667. The van der Waals surface area contributed by atoms with Crippen molar-refractivity contribution in [1.82, 2.24) is 4.98 Å². The van der Waals surface area contributed by atoms with Crippen LogP contribution < -0.4 is 0 Å². The monoisotopic (exact) mass is 315 g/mol. The summed E-state index contributed by atoms with van der Waals surface area (Å²) in [6.07, 6.45) is 8.31. The summed E-state index contributed by atoms with van der Waals surface area (Å²) in [4.78, 5) is 4.45. The maximum atomic E-state index is 4.45. The Morgan fingerprint density at radius 3 is 2.29 bits per heavy atom. The molecule has 0 radical (unpaired) electrons. The molecule has 1 nitrogen and oxygen atoms in total. The number of aromatic nitrogens is 1. The first-order chi connectivity index (χ1) is 11.9. The number of nitrogens with zero attached hydrogens (tertiary/aromatic N) is 1. The second-order valence-electron chi connectivity index (χ2n) is 6.30. The van der Waals surface area contributed by atoms with Gasteiger partial charge in [-0.25, -0.2) is 0 Å². The molecule has 0 bridgehead atoms. The highest BCUT2D eigenvalue weighted by molar-refractivity contribution is 5.71. The number of aryl methyl sites for hydroxylation is 1. The normalized spacial score (nSPS) is 10.7. The molecule has 1 heteroatoms. The lowest BCUT2D eigenvalue weighted by Gasteiger charge is -2.07. The van der Waals surface area contributed by atoms with E-state index >= 15 is 0 Å². The van der Waals surface area contributed by atoms with Gasteiger partial charge in [0.05, 0.1) is 5.69 Å². The summed E-state index contributed by atoms with van der Waals surface area (Å²) >= 11 is 0. The van der Waals surface area contributed by atoms with Crippen LogP contribution in [0, 0.1) is 0 Å². The molecule has 1 heterocycles. The van der Waals surface area contributed by atoms with Crippen molar-refractivity contribution < 1.29 is 0 Å². The Morgan fingerprint density at radius 1 is 0.708 bits per heavy atom. The maximum Gasteiger partial charge on any atom is 0.0702 e. The molecule has 3 aromatic rings. The minimum Gasteiger partial charge on any atom is -0.256 e.